The maximum atomic E-state index is 11.6. The van der Waals surface area contributed by atoms with E-state index in [9.17, 15) is 4.79 Å². The Balaban J connectivity index is 2.10. The second kappa shape index (κ2) is 5.77. The Kier molecular flexibility index (Phi) is 4.09. The molecule has 0 unspecified atom stereocenters. The van der Waals surface area contributed by atoms with Gasteiger partial charge in [-0.15, -0.1) is 0 Å². The Bertz CT molecular complexity index is 601. The molecule has 2 aromatic heterocycles. The van der Waals surface area contributed by atoms with E-state index in [1.54, 1.807) is 12.4 Å². The molecule has 5 nitrogen and oxygen atoms in total. The van der Waals surface area contributed by atoms with Gasteiger partial charge in [0, 0.05) is 25.7 Å². The maximum absolute atomic E-state index is 11.6. The topological polar surface area (TPSA) is 62.7 Å². The van der Waals surface area contributed by atoms with Crippen LogP contribution in [0.15, 0.2) is 18.5 Å². The number of amides is 1. The number of aromatic amines is 1. The molecule has 18 heavy (non-hydrogen) atoms. The first kappa shape index (κ1) is 12.8. The summed E-state index contributed by atoms with van der Waals surface area (Å²) in [5.74, 6) is 0.0576. The molecular formula is C12H16N4OS. The van der Waals surface area contributed by atoms with Gasteiger partial charge in [0.25, 0.3) is 0 Å². The minimum atomic E-state index is 0.0576. The summed E-state index contributed by atoms with van der Waals surface area (Å²) in [5, 5.41) is 2.85. The highest BCUT2D eigenvalue weighted by Gasteiger charge is 2.06. The third-order valence-electron chi connectivity index (χ3n) is 2.71. The summed E-state index contributed by atoms with van der Waals surface area (Å²) in [4.78, 5) is 18.7. The van der Waals surface area contributed by atoms with E-state index in [4.69, 9.17) is 12.2 Å². The number of hydrogen-bond donors (Lipinski definition) is 2. The molecule has 0 aliphatic carbocycles. The summed E-state index contributed by atoms with van der Waals surface area (Å²) in [6.45, 7) is 3.34. The van der Waals surface area contributed by atoms with E-state index in [1.807, 2.05) is 17.6 Å². The van der Waals surface area contributed by atoms with Gasteiger partial charge in [0.2, 0.25) is 5.91 Å². The normalized spacial score (nSPS) is 10.7. The molecule has 0 spiro atoms. The number of fused-ring (bicyclic) bond motifs is 1. The number of rotatable bonds is 5. The van der Waals surface area contributed by atoms with Gasteiger partial charge in [-0.25, -0.2) is 0 Å². The van der Waals surface area contributed by atoms with Crippen LogP contribution in [0.2, 0.25) is 0 Å². The molecule has 2 rings (SSSR count). The first-order valence-electron chi connectivity index (χ1n) is 6.01. The largest absolute Gasteiger partial charge is 0.356 e. The van der Waals surface area contributed by atoms with Gasteiger partial charge in [-0.05, 0) is 24.7 Å². The van der Waals surface area contributed by atoms with Gasteiger partial charge in [0.1, 0.15) is 0 Å². The number of H-pyrrole nitrogens is 1. The van der Waals surface area contributed by atoms with E-state index in [2.05, 4.69) is 15.3 Å². The smallest absolute Gasteiger partial charge is 0.221 e. The monoisotopic (exact) mass is 264 g/mol. The van der Waals surface area contributed by atoms with Crippen molar-refractivity contribution in [3.05, 3.63) is 23.2 Å². The second-order valence-corrected chi connectivity index (χ2v) is 4.46. The molecule has 0 radical (unpaired) electrons. The number of imidazole rings is 1. The molecular weight excluding hydrogens is 248 g/mol. The molecule has 0 bridgehead atoms. The number of nitrogens with one attached hydrogen (secondary N) is 2. The lowest BCUT2D eigenvalue weighted by Gasteiger charge is -2.05. The Morgan fingerprint density at radius 3 is 3.22 bits per heavy atom. The highest BCUT2D eigenvalue weighted by molar-refractivity contribution is 7.71. The fourth-order valence-corrected chi connectivity index (χ4v) is 2.10. The van der Waals surface area contributed by atoms with Crippen molar-refractivity contribution in [1.82, 2.24) is 19.9 Å². The molecule has 0 aromatic carbocycles. The maximum Gasteiger partial charge on any atom is 0.221 e. The molecule has 0 atom stereocenters. The van der Waals surface area contributed by atoms with Crippen molar-refractivity contribution < 1.29 is 4.79 Å². The van der Waals surface area contributed by atoms with Gasteiger partial charge >= 0.3 is 0 Å². The summed E-state index contributed by atoms with van der Waals surface area (Å²) in [6.07, 6.45) is 4.84. The minimum absolute atomic E-state index is 0.0576. The van der Waals surface area contributed by atoms with Crippen molar-refractivity contribution >= 4 is 29.2 Å². The average Bonchev–Trinajstić information content (AvgIpc) is 2.69. The Labute approximate surface area is 110 Å². The third kappa shape index (κ3) is 2.76. The highest BCUT2D eigenvalue weighted by Crippen LogP contribution is 2.12. The van der Waals surface area contributed by atoms with Crippen LogP contribution in [0.5, 0.6) is 0 Å². The lowest BCUT2D eigenvalue weighted by molar-refractivity contribution is -0.121. The Morgan fingerprint density at radius 1 is 1.61 bits per heavy atom. The van der Waals surface area contributed by atoms with Crippen molar-refractivity contribution in [2.75, 3.05) is 6.54 Å². The summed E-state index contributed by atoms with van der Waals surface area (Å²) in [5.41, 5.74) is 1.88. The molecule has 6 heteroatoms. The van der Waals surface area contributed by atoms with Crippen molar-refractivity contribution in [2.45, 2.75) is 26.3 Å². The first-order chi connectivity index (χ1) is 8.72. The fourth-order valence-electron chi connectivity index (χ4n) is 1.80. The molecule has 2 aromatic rings. The molecule has 2 N–H and O–H groups in total. The molecule has 0 aliphatic heterocycles. The van der Waals surface area contributed by atoms with Gasteiger partial charge < -0.3 is 14.9 Å². The van der Waals surface area contributed by atoms with Crippen LogP contribution < -0.4 is 5.32 Å². The SMILES string of the molecule is CCCNC(=O)CCn1c(=S)[nH]c2cnccc21. The Hall–Kier alpha value is -1.69. The zero-order valence-electron chi connectivity index (χ0n) is 10.3. The van der Waals surface area contributed by atoms with E-state index in [0.29, 0.717) is 17.7 Å². The van der Waals surface area contributed by atoms with Gasteiger partial charge in [0.15, 0.2) is 4.77 Å². The van der Waals surface area contributed by atoms with Gasteiger partial charge in [-0.2, -0.15) is 0 Å². The van der Waals surface area contributed by atoms with Crippen LogP contribution in [0.25, 0.3) is 11.0 Å². The number of aromatic nitrogens is 3. The molecule has 0 aliphatic rings. The highest BCUT2D eigenvalue weighted by atomic mass is 32.1. The van der Waals surface area contributed by atoms with Gasteiger partial charge in [-0.3, -0.25) is 9.78 Å². The van der Waals surface area contributed by atoms with Crippen LogP contribution in [0.4, 0.5) is 0 Å². The van der Waals surface area contributed by atoms with Crippen LogP contribution in [0.3, 0.4) is 0 Å². The number of carbonyl (C=O) groups is 1. The van der Waals surface area contributed by atoms with Crippen LogP contribution in [0, 0.1) is 4.77 Å². The summed E-state index contributed by atoms with van der Waals surface area (Å²) in [7, 11) is 0. The molecule has 0 fully saturated rings. The Morgan fingerprint density at radius 2 is 2.44 bits per heavy atom. The summed E-state index contributed by atoms with van der Waals surface area (Å²) >= 11 is 5.24. The fraction of sp³-hybridized carbons (Fsp3) is 0.417. The molecule has 2 heterocycles. The lowest BCUT2D eigenvalue weighted by Crippen LogP contribution is -2.25. The predicted molar refractivity (Wildman–Crippen MR) is 72.8 cm³/mol. The van der Waals surface area contributed by atoms with E-state index in [-0.39, 0.29) is 5.91 Å². The lowest BCUT2D eigenvalue weighted by atomic mass is 10.3. The van der Waals surface area contributed by atoms with Crippen LogP contribution in [-0.2, 0) is 11.3 Å². The van der Waals surface area contributed by atoms with Gasteiger partial charge in [0.05, 0.1) is 17.2 Å². The standard InChI is InChI=1S/C12H16N4OS/c1-2-5-14-11(17)4-7-16-10-3-6-13-8-9(10)15-12(16)18/h3,6,8H,2,4-5,7H2,1H3,(H,14,17)(H,15,18). The van der Waals surface area contributed by atoms with Crippen LogP contribution in [-0.4, -0.2) is 27.0 Å². The zero-order valence-corrected chi connectivity index (χ0v) is 11.1. The number of aryl methyl sites for hydroxylation is 1. The van der Waals surface area contributed by atoms with Gasteiger partial charge in [-0.1, -0.05) is 6.92 Å². The van der Waals surface area contributed by atoms with Crippen molar-refractivity contribution in [3.8, 4) is 0 Å². The molecule has 1 amide bonds. The summed E-state index contributed by atoms with van der Waals surface area (Å²) in [6, 6.07) is 1.89. The molecule has 96 valence electrons. The predicted octanol–water partition coefficient (Wildman–Crippen LogP) is 2.01. The van der Waals surface area contributed by atoms with E-state index in [0.717, 1.165) is 24.0 Å². The van der Waals surface area contributed by atoms with Crippen LogP contribution in [0.1, 0.15) is 19.8 Å². The summed E-state index contributed by atoms with van der Waals surface area (Å²) < 4.78 is 2.55. The third-order valence-corrected chi connectivity index (χ3v) is 3.03. The van der Waals surface area contributed by atoms with Crippen molar-refractivity contribution in [2.24, 2.45) is 0 Å². The van der Waals surface area contributed by atoms with Crippen molar-refractivity contribution in [3.63, 3.8) is 0 Å². The number of pyridine rings is 1. The minimum Gasteiger partial charge on any atom is -0.356 e. The second-order valence-electron chi connectivity index (χ2n) is 4.07. The van der Waals surface area contributed by atoms with Crippen LogP contribution >= 0.6 is 12.2 Å². The van der Waals surface area contributed by atoms with E-state index in [1.165, 1.54) is 0 Å². The number of hydrogen-bond acceptors (Lipinski definition) is 3. The van der Waals surface area contributed by atoms with Crippen molar-refractivity contribution in [1.29, 1.82) is 0 Å². The molecule has 0 saturated heterocycles. The quantitative estimate of drug-likeness (QED) is 0.812. The molecule has 0 saturated carbocycles. The van der Waals surface area contributed by atoms with E-state index >= 15 is 0 Å². The van der Waals surface area contributed by atoms with E-state index < -0.39 is 0 Å². The number of carbonyl (C=O) groups excluding carboxylic acids is 1. The average molecular weight is 264 g/mol. The first-order valence-corrected chi connectivity index (χ1v) is 6.42. The zero-order chi connectivity index (χ0) is 13.0. The number of nitrogens with zero attached hydrogens (tertiary/aromatic N) is 2.